The summed E-state index contributed by atoms with van der Waals surface area (Å²) in [6.07, 6.45) is 6.20. The Kier molecular flexibility index (Phi) is 8.79. The minimum absolute atomic E-state index is 0.0638. The fraction of sp³-hybridized carbons (Fsp3) is 0.560. The van der Waals surface area contributed by atoms with E-state index in [1.165, 1.54) is 6.92 Å². The van der Waals surface area contributed by atoms with Crippen LogP contribution in [0.4, 0.5) is 5.69 Å². The van der Waals surface area contributed by atoms with E-state index in [4.69, 9.17) is 4.52 Å². The van der Waals surface area contributed by atoms with Crippen molar-refractivity contribution in [2.24, 2.45) is 0 Å². The standard InChI is InChI=1S/C25H35N5O4/c1-4-30(5-2)23(33)19-11-10-12-20(17-19)26-21(32)13-14-22-27-24(29-34-22)25(28-18(3)31)15-8-6-7-9-16-25/h10-12,17H,4-9,13-16H2,1-3H3,(H,26,32)(H,28,31). The van der Waals surface area contributed by atoms with Crippen LogP contribution in [0.15, 0.2) is 28.8 Å². The lowest BCUT2D eigenvalue weighted by Gasteiger charge is -2.30. The van der Waals surface area contributed by atoms with Gasteiger partial charge in [-0.2, -0.15) is 4.98 Å². The van der Waals surface area contributed by atoms with Gasteiger partial charge in [-0.05, 0) is 44.9 Å². The number of benzene rings is 1. The Morgan fingerprint density at radius 3 is 2.44 bits per heavy atom. The summed E-state index contributed by atoms with van der Waals surface area (Å²) in [5, 5.41) is 10.1. The number of carbonyl (C=O) groups excluding carboxylic acids is 3. The lowest BCUT2D eigenvalue weighted by atomic mass is 9.89. The van der Waals surface area contributed by atoms with Gasteiger partial charge in [0, 0.05) is 44.1 Å². The molecule has 0 unspecified atom stereocenters. The molecule has 1 saturated carbocycles. The van der Waals surface area contributed by atoms with Gasteiger partial charge in [0.2, 0.25) is 17.7 Å². The Morgan fingerprint density at radius 1 is 1.09 bits per heavy atom. The molecule has 9 heteroatoms. The molecule has 0 atom stereocenters. The maximum absolute atomic E-state index is 12.6. The third-order valence-electron chi connectivity index (χ3n) is 6.28. The topological polar surface area (TPSA) is 117 Å². The van der Waals surface area contributed by atoms with Crippen molar-refractivity contribution in [2.45, 2.75) is 77.7 Å². The first-order valence-electron chi connectivity index (χ1n) is 12.2. The van der Waals surface area contributed by atoms with Gasteiger partial charge >= 0.3 is 0 Å². The van der Waals surface area contributed by atoms with Crippen LogP contribution in [-0.2, 0) is 21.5 Å². The number of rotatable bonds is 9. The normalized spacial score (nSPS) is 15.3. The van der Waals surface area contributed by atoms with Crippen LogP contribution in [0.2, 0.25) is 0 Å². The summed E-state index contributed by atoms with van der Waals surface area (Å²) in [4.78, 5) is 43.2. The molecular formula is C25H35N5O4. The fourth-order valence-corrected chi connectivity index (χ4v) is 4.49. The Balaban J connectivity index is 1.61. The number of hydrogen-bond donors (Lipinski definition) is 2. The fourth-order valence-electron chi connectivity index (χ4n) is 4.49. The van der Waals surface area contributed by atoms with Gasteiger partial charge in [0.05, 0.1) is 0 Å². The van der Waals surface area contributed by atoms with Crippen molar-refractivity contribution in [3.63, 3.8) is 0 Å². The summed E-state index contributed by atoms with van der Waals surface area (Å²) in [7, 11) is 0. The molecule has 0 bridgehead atoms. The Morgan fingerprint density at radius 2 is 1.79 bits per heavy atom. The molecule has 0 spiro atoms. The van der Waals surface area contributed by atoms with Gasteiger partial charge < -0.3 is 20.1 Å². The maximum atomic E-state index is 12.6. The van der Waals surface area contributed by atoms with E-state index in [0.29, 0.717) is 36.1 Å². The van der Waals surface area contributed by atoms with Crippen LogP contribution < -0.4 is 10.6 Å². The first kappa shape index (κ1) is 25.4. The van der Waals surface area contributed by atoms with Crippen LogP contribution in [0, 0.1) is 0 Å². The smallest absolute Gasteiger partial charge is 0.253 e. The Bertz CT molecular complexity index is 991. The summed E-state index contributed by atoms with van der Waals surface area (Å²) in [6.45, 7) is 6.62. The zero-order chi connectivity index (χ0) is 24.6. The van der Waals surface area contributed by atoms with Crippen LogP contribution in [0.5, 0.6) is 0 Å². The largest absolute Gasteiger partial charge is 0.343 e. The van der Waals surface area contributed by atoms with Crippen LogP contribution in [-0.4, -0.2) is 45.9 Å². The second-order valence-electron chi connectivity index (χ2n) is 8.80. The molecule has 0 saturated heterocycles. The second kappa shape index (κ2) is 11.8. The van der Waals surface area contributed by atoms with Gasteiger partial charge in [-0.15, -0.1) is 0 Å². The number of aromatic nitrogens is 2. The molecule has 0 radical (unpaired) electrons. The van der Waals surface area contributed by atoms with E-state index in [1.807, 2.05) is 13.8 Å². The zero-order valence-electron chi connectivity index (χ0n) is 20.4. The number of amides is 3. The molecule has 2 aromatic rings. The highest BCUT2D eigenvalue weighted by molar-refractivity contribution is 5.97. The van der Waals surface area contributed by atoms with Crippen molar-refractivity contribution in [3.05, 3.63) is 41.5 Å². The molecule has 9 nitrogen and oxygen atoms in total. The summed E-state index contributed by atoms with van der Waals surface area (Å²) < 4.78 is 5.42. The van der Waals surface area contributed by atoms with Gasteiger partial charge in [0.25, 0.3) is 5.91 Å². The molecular weight excluding hydrogens is 434 g/mol. The van der Waals surface area contributed by atoms with Crippen molar-refractivity contribution in [2.75, 3.05) is 18.4 Å². The minimum Gasteiger partial charge on any atom is -0.343 e. The average molecular weight is 470 g/mol. The number of carbonyl (C=O) groups is 3. The van der Waals surface area contributed by atoms with E-state index in [2.05, 4.69) is 20.8 Å². The highest BCUT2D eigenvalue weighted by atomic mass is 16.5. The van der Waals surface area contributed by atoms with E-state index >= 15 is 0 Å². The van der Waals surface area contributed by atoms with Crippen LogP contribution >= 0.6 is 0 Å². The molecule has 0 aliphatic heterocycles. The van der Waals surface area contributed by atoms with Gasteiger partial charge in [-0.3, -0.25) is 14.4 Å². The van der Waals surface area contributed by atoms with E-state index in [0.717, 1.165) is 38.5 Å². The summed E-state index contributed by atoms with van der Waals surface area (Å²) in [5.41, 5.74) is 0.497. The monoisotopic (exact) mass is 469 g/mol. The van der Waals surface area contributed by atoms with Crippen molar-refractivity contribution in [1.82, 2.24) is 20.4 Å². The van der Waals surface area contributed by atoms with Crippen LogP contribution in [0.25, 0.3) is 0 Å². The number of nitrogens with zero attached hydrogens (tertiary/aromatic N) is 3. The molecule has 1 heterocycles. The van der Waals surface area contributed by atoms with Crippen molar-refractivity contribution in [3.8, 4) is 0 Å². The van der Waals surface area contributed by atoms with Gasteiger partial charge in [0.15, 0.2) is 5.82 Å². The van der Waals surface area contributed by atoms with Crippen molar-refractivity contribution < 1.29 is 18.9 Å². The van der Waals surface area contributed by atoms with Gasteiger partial charge in [-0.25, -0.2) is 0 Å². The number of anilines is 1. The number of aryl methyl sites for hydroxylation is 1. The maximum Gasteiger partial charge on any atom is 0.253 e. The van der Waals surface area contributed by atoms with Crippen molar-refractivity contribution in [1.29, 1.82) is 0 Å². The molecule has 1 aromatic carbocycles. The van der Waals surface area contributed by atoms with Crippen molar-refractivity contribution >= 4 is 23.4 Å². The SMILES string of the molecule is CCN(CC)C(=O)c1cccc(NC(=O)CCc2nc(C3(NC(C)=O)CCCCCC3)no2)c1. The molecule has 34 heavy (non-hydrogen) atoms. The molecule has 3 rings (SSSR count). The molecule has 3 amide bonds. The Labute approximate surface area is 200 Å². The lowest BCUT2D eigenvalue weighted by molar-refractivity contribution is -0.121. The summed E-state index contributed by atoms with van der Waals surface area (Å²) in [5.74, 6) is 0.464. The second-order valence-corrected chi connectivity index (χ2v) is 8.80. The Hall–Kier alpha value is -3.23. The van der Waals surface area contributed by atoms with E-state index in [-0.39, 0.29) is 30.6 Å². The van der Waals surface area contributed by atoms with Gasteiger partial charge in [-0.1, -0.05) is 36.9 Å². The lowest BCUT2D eigenvalue weighted by Crippen LogP contribution is -2.45. The molecule has 1 aromatic heterocycles. The highest BCUT2D eigenvalue weighted by Gasteiger charge is 2.38. The zero-order valence-corrected chi connectivity index (χ0v) is 20.4. The molecule has 1 fully saturated rings. The third kappa shape index (κ3) is 6.42. The molecule has 1 aliphatic carbocycles. The first-order valence-corrected chi connectivity index (χ1v) is 12.2. The predicted molar refractivity (Wildman–Crippen MR) is 128 cm³/mol. The first-order chi connectivity index (χ1) is 16.4. The van der Waals surface area contributed by atoms with E-state index < -0.39 is 5.54 Å². The summed E-state index contributed by atoms with van der Waals surface area (Å²) in [6, 6.07) is 6.94. The van der Waals surface area contributed by atoms with Gasteiger partial charge in [0.1, 0.15) is 5.54 Å². The number of hydrogen-bond acceptors (Lipinski definition) is 6. The van der Waals surface area contributed by atoms with E-state index in [1.54, 1.807) is 29.2 Å². The molecule has 1 aliphatic rings. The third-order valence-corrected chi connectivity index (χ3v) is 6.28. The quantitative estimate of drug-likeness (QED) is 0.539. The average Bonchev–Trinajstić information content (AvgIpc) is 3.18. The summed E-state index contributed by atoms with van der Waals surface area (Å²) >= 11 is 0. The predicted octanol–water partition coefficient (Wildman–Crippen LogP) is 3.81. The number of nitrogens with one attached hydrogen (secondary N) is 2. The highest BCUT2D eigenvalue weighted by Crippen LogP contribution is 2.34. The molecule has 2 N–H and O–H groups in total. The minimum atomic E-state index is -0.607. The molecule has 184 valence electrons. The van der Waals surface area contributed by atoms with Crippen LogP contribution in [0.3, 0.4) is 0 Å². The van der Waals surface area contributed by atoms with E-state index in [9.17, 15) is 14.4 Å². The van der Waals surface area contributed by atoms with Crippen LogP contribution in [0.1, 0.15) is 87.8 Å².